The van der Waals surface area contributed by atoms with Gasteiger partial charge in [0.15, 0.2) is 0 Å². The molecule has 0 atom stereocenters. The Morgan fingerprint density at radius 1 is 1.23 bits per heavy atom. The van der Waals surface area contributed by atoms with Crippen LogP contribution < -0.4 is 10.1 Å². The van der Waals surface area contributed by atoms with Gasteiger partial charge in [-0.2, -0.15) is 0 Å². The van der Waals surface area contributed by atoms with Crippen molar-refractivity contribution < 1.29 is 14.3 Å². The van der Waals surface area contributed by atoms with Crippen LogP contribution in [-0.2, 0) is 4.74 Å². The van der Waals surface area contributed by atoms with Crippen LogP contribution in [0.1, 0.15) is 49.0 Å². The largest absolute Gasteiger partial charge is 0.497 e. The lowest BCUT2D eigenvalue weighted by Gasteiger charge is -2.21. The number of aromatic nitrogens is 1. The summed E-state index contributed by atoms with van der Waals surface area (Å²) >= 11 is 1.47. The van der Waals surface area contributed by atoms with Crippen LogP contribution in [0.15, 0.2) is 29.6 Å². The molecule has 1 amide bonds. The summed E-state index contributed by atoms with van der Waals surface area (Å²) in [5.74, 6) is 0.678. The Hall–Kier alpha value is -1.92. The van der Waals surface area contributed by atoms with Crippen molar-refractivity contribution in [1.82, 2.24) is 10.3 Å². The first-order chi connectivity index (χ1) is 12.8. The third-order valence-corrected chi connectivity index (χ3v) is 5.48. The van der Waals surface area contributed by atoms with Crippen molar-refractivity contribution >= 4 is 17.2 Å². The van der Waals surface area contributed by atoms with E-state index in [9.17, 15) is 4.79 Å². The minimum Gasteiger partial charge on any atom is -0.497 e. The fraction of sp³-hybridized carbons (Fsp3) is 0.500. The molecule has 0 bridgehead atoms. The lowest BCUT2D eigenvalue weighted by molar-refractivity contribution is 0.0273. The van der Waals surface area contributed by atoms with Crippen molar-refractivity contribution in [2.45, 2.75) is 44.6 Å². The molecule has 6 heteroatoms. The molecule has 3 rings (SSSR count). The van der Waals surface area contributed by atoms with E-state index in [2.05, 4.69) is 10.3 Å². The van der Waals surface area contributed by atoms with E-state index in [1.54, 1.807) is 12.5 Å². The molecule has 2 aromatic rings. The summed E-state index contributed by atoms with van der Waals surface area (Å²) in [4.78, 5) is 16.7. The number of benzene rings is 1. The molecule has 0 saturated heterocycles. The number of ether oxygens (including phenoxy) is 2. The van der Waals surface area contributed by atoms with Gasteiger partial charge in [-0.1, -0.05) is 19.3 Å². The average molecular weight is 375 g/mol. The van der Waals surface area contributed by atoms with Crippen molar-refractivity contribution in [3.8, 4) is 16.3 Å². The van der Waals surface area contributed by atoms with E-state index in [4.69, 9.17) is 9.47 Å². The van der Waals surface area contributed by atoms with Crippen LogP contribution >= 0.6 is 11.3 Å². The second-order valence-electron chi connectivity index (χ2n) is 6.51. The predicted molar refractivity (Wildman–Crippen MR) is 104 cm³/mol. The van der Waals surface area contributed by atoms with E-state index in [0.717, 1.165) is 22.7 Å². The van der Waals surface area contributed by atoms with Gasteiger partial charge in [0, 0.05) is 24.1 Å². The number of hydrogen-bond donors (Lipinski definition) is 1. The normalized spacial score (nSPS) is 15.0. The first kappa shape index (κ1) is 18.9. The maximum Gasteiger partial charge on any atom is 0.270 e. The Labute approximate surface area is 158 Å². The third-order valence-electron chi connectivity index (χ3n) is 4.59. The number of hydrogen-bond acceptors (Lipinski definition) is 5. The summed E-state index contributed by atoms with van der Waals surface area (Å²) < 4.78 is 11.0. The van der Waals surface area contributed by atoms with Gasteiger partial charge in [0.05, 0.1) is 13.2 Å². The van der Waals surface area contributed by atoms with Crippen LogP contribution in [-0.4, -0.2) is 37.3 Å². The molecule has 5 nitrogen and oxygen atoms in total. The van der Waals surface area contributed by atoms with E-state index in [1.165, 1.54) is 43.4 Å². The Morgan fingerprint density at radius 3 is 2.73 bits per heavy atom. The van der Waals surface area contributed by atoms with Gasteiger partial charge < -0.3 is 14.8 Å². The van der Waals surface area contributed by atoms with Gasteiger partial charge in [0.25, 0.3) is 5.91 Å². The fourth-order valence-electron chi connectivity index (χ4n) is 3.09. The zero-order chi connectivity index (χ0) is 18.2. The Balaban J connectivity index is 1.41. The van der Waals surface area contributed by atoms with Gasteiger partial charge in [0.1, 0.15) is 16.5 Å². The number of carbonyl (C=O) groups excluding carboxylic acids is 1. The van der Waals surface area contributed by atoms with E-state index >= 15 is 0 Å². The number of carbonyl (C=O) groups is 1. The van der Waals surface area contributed by atoms with Crippen LogP contribution in [0.3, 0.4) is 0 Å². The van der Waals surface area contributed by atoms with Crippen molar-refractivity contribution in [2.75, 3.05) is 20.3 Å². The molecule has 140 valence electrons. The third kappa shape index (κ3) is 5.29. The van der Waals surface area contributed by atoms with Crippen molar-refractivity contribution in [1.29, 1.82) is 0 Å². The molecule has 1 heterocycles. The van der Waals surface area contributed by atoms with Gasteiger partial charge in [-0.05, 0) is 43.5 Å². The highest BCUT2D eigenvalue weighted by atomic mass is 32.1. The van der Waals surface area contributed by atoms with Crippen molar-refractivity contribution in [3.63, 3.8) is 0 Å². The molecular weight excluding hydrogens is 348 g/mol. The van der Waals surface area contributed by atoms with Crippen LogP contribution in [0, 0.1) is 0 Å². The van der Waals surface area contributed by atoms with Gasteiger partial charge in [-0.25, -0.2) is 4.98 Å². The van der Waals surface area contributed by atoms with E-state index in [-0.39, 0.29) is 5.91 Å². The number of nitrogens with one attached hydrogen (secondary N) is 1. The highest BCUT2D eigenvalue weighted by Crippen LogP contribution is 2.25. The molecule has 1 aliphatic carbocycles. The Kier molecular flexibility index (Phi) is 7.03. The SMILES string of the molecule is COc1ccc(-c2nc(C(=O)NCCCOC3CCCCC3)cs2)cc1. The van der Waals surface area contributed by atoms with E-state index in [0.29, 0.717) is 24.9 Å². The second-order valence-corrected chi connectivity index (χ2v) is 7.36. The summed E-state index contributed by atoms with van der Waals surface area (Å²) in [6.07, 6.45) is 7.51. The number of rotatable bonds is 8. The van der Waals surface area contributed by atoms with Gasteiger partial charge in [-0.3, -0.25) is 4.79 Å². The van der Waals surface area contributed by atoms with Crippen LogP contribution in [0.5, 0.6) is 5.75 Å². The Morgan fingerprint density at radius 2 is 2.00 bits per heavy atom. The summed E-state index contributed by atoms with van der Waals surface area (Å²) in [6, 6.07) is 7.68. The Bertz CT molecular complexity index is 693. The van der Waals surface area contributed by atoms with Crippen LogP contribution in [0.2, 0.25) is 0 Å². The number of thiazole rings is 1. The predicted octanol–water partition coefficient (Wildman–Crippen LogP) is 4.29. The first-order valence-corrected chi connectivity index (χ1v) is 10.1. The summed E-state index contributed by atoms with van der Waals surface area (Å²) in [7, 11) is 1.64. The molecule has 1 aliphatic rings. The van der Waals surface area contributed by atoms with Crippen LogP contribution in [0.25, 0.3) is 10.6 Å². The maximum absolute atomic E-state index is 12.2. The highest BCUT2D eigenvalue weighted by Gasteiger charge is 2.14. The van der Waals surface area contributed by atoms with Gasteiger partial charge in [-0.15, -0.1) is 11.3 Å². The lowest BCUT2D eigenvalue weighted by Crippen LogP contribution is -2.26. The number of nitrogens with zero attached hydrogens (tertiary/aromatic N) is 1. The second kappa shape index (κ2) is 9.69. The maximum atomic E-state index is 12.2. The molecule has 0 spiro atoms. The molecule has 0 aliphatic heterocycles. The van der Waals surface area contributed by atoms with Gasteiger partial charge in [0.2, 0.25) is 0 Å². The molecule has 1 fully saturated rings. The smallest absolute Gasteiger partial charge is 0.270 e. The molecule has 1 aromatic carbocycles. The minimum atomic E-state index is -0.126. The van der Waals surface area contributed by atoms with Gasteiger partial charge >= 0.3 is 0 Å². The van der Waals surface area contributed by atoms with Crippen molar-refractivity contribution in [2.24, 2.45) is 0 Å². The highest BCUT2D eigenvalue weighted by molar-refractivity contribution is 7.13. The summed E-state index contributed by atoms with van der Waals surface area (Å²) in [6.45, 7) is 1.32. The minimum absolute atomic E-state index is 0.126. The molecule has 26 heavy (non-hydrogen) atoms. The molecule has 0 radical (unpaired) electrons. The topological polar surface area (TPSA) is 60.5 Å². The standard InChI is InChI=1S/C20H26N2O3S/c1-24-16-10-8-15(9-11-16)20-22-18(14-26-20)19(23)21-12-5-13-25-17-6-3-2-4-7-17/h8-11,14,17H,2-7,12-13H2,1H3,(H,21,23). The number of amides is 1. The zero-order valence-electron chi connectivity index (χ0n) is 15.2. The van der Waals surface area contributed by atoms with Crippen LogP contribution in [0.4, 0.5) is 0 Å². The first-order valence-electron chi connectivity index (χ1n) is 9.26. The zero-order valence-corrected chi connectivity index (χ0v) is 16.0. The average Bonchev–Trinajstić information content (AvgIpc) is 3.19. The quantitative estimate of drug-likeness (QED) is 0.700. The fourth-order valence-corrected chi connectivity index (χ4v) is 3.90. The number of methoxy groups -OCH3 is 1. The summed E-state index contributed by atoms with van der Waals surface area (Å²) in [5, 5.41) is 5.56. The van der Waals surface area contributed by atoms with E-state index < -0.39 is 0 Å². The molecule has 1 N–H and O–H groups in total. The van der Waals surface area contributed by atoms with E-state index in [1.807, 2.05) is 24.3 Å². The molecule has 0 unspecified atom stereocenters. The lowest BCUT2D eigenvalue weighted by atomic mass is 9.98. The molecule has 1 aromatic heterocycles. The van der Waals surface area contributed by atoms with Crippen molar-refractivity contribution in [3.05, 3.63) is 35.3 Å². The monoisotopic (exact) mass is 374 g/mol. The molecule has 1 saturated carbocycles. The summed E-state index contributed by atoms with van der Waals surface area (Å²) in [5.41, 5.74) is 1.45. The molecular formula is C20H26N2O3S.